The molecule has 8 nitrogen and oxygen atoms in total. The van der Waals surface area contributed by atoms with Crippen LogP contribution in [0.4, 0.5) is 10.6 Å². The Morgan fingerprint density at radius 3 is 2.49 bits per heavy atom. The summed E-state index contributed by atoms with van der Waals surface area (Å²) in [6, 6.07) is 22.5. The molecule has 4 aromatic rings. The smallest absolute Gasteiger partial charge is 0.409 e. The van der Waals surface area contributed by atoms with Gasteiger partial charge in [-0.25, -0.2) is 9.78 Å². The summed E-state index contributed by atoms with van der Waals surface area (Å²) in [5, 5.41) is 1.97. The van der Waals surface area contributed by atoms with Gasteiger partial charge in [0.1, 0.15) is 17.7 Å². The van der Waals surface area contributed by atoms with E-state index in [-0.39, 0.29) is 30.0 Å². The highest BCUT2D eigenvalue weighted by Gasteiger charge is 2.47. The number of fused-ring (bicyclic) bond motifs is 3. The van der Waals surface area contributed by atoms with Crippen LogP contribution in [0.2, 0.25) is 0 Å². The van der Waals surface area contributed by atoms with E-state index in [4.69, 9.17) is 19.9 Å². The van der Waals surface area contributed by atoms with Crippen LogP contribution in [0.3, 0.4) is 0 Å². The number of aromatic nitrogens is 1. The van der Waals surface area contributed by atoms with Crippen molar-refractivity contribution in [3.63, 3.8) is 0 Å². The van der Waals surface area contributed by atoms with Crippen molar-refractivity contribution in [1.29, 1.82) is 0 Å². The van der Waals surface area contributed by atoms with Gasteiger partial charge in [0, 0.05) is 35.7 Å². The molecule has 2 N–H and O–H groups in total. The number of hydrogen-bond acceptors (Lipinski definition) is 7. The van der Waals surface area contributed by atoms with Crippen molar-refractivity contribution in [1.82, 2.24) is 9.88 Å². The average molecular weight is 580 g/mol. The number of esters is 1. The molecule has 222 valence electrons. The summed E-state index contributed by atoms with van der Waals surface area (Å²) < 4.78 is 17.3. The molecule has 6 rings (SSSR count). The summed E-state index contributed by atoms with van der Waals surface area (Å²) in [5.41, 5.74) is 11.4. The van der Waals surface area contributed by atoms with Crippen LogP contribution in [0.25, 0.3) is 21.9 Å². The average Bonchev–Trinajstić information content (AvgIpc) is 3.30. The standard InChI is InChI=1S/C35H37N3O5/c1-3-41-32(39)21-26-7-5-6-8-30(26)43-31-22-35(14-17-38(18-15-35)34(40)42-4-2)29-12-11-25(20-28(29)31)24-10-9-23-13-16-37-33(36)27(23)19-24/h5-13,16,19-20,31H,3-4,14-15,17-18,21-22H2,1-2H3,(H2,36,37). The van der Waals surface area contributed by atoms with Gasteiger partial charge in [-0.2, -0.15) is 0 Å². The number of hydrogen-bond donors (Lipinski definition) is 1. The Kier molecular flexibility index (Phi) is 7.93. The Morgan fingerprint density at radius 1 is 0.953 bits per heavy atom. The van der Waals surface area contributed by atoms with Gasteiger partial charge < -0.3 is 24.8 Å². The highest BCUT2D eigenvalue weighted by molar-refractivity contribution is 5.94. The fourth-order valence-electron chi connectivity index (χ4n) is 6.63. The van der Waals surface area contributed by atoms with E-state index in [1.165, 1.54) is 5.56 Å². The summed E-state index contributed by atoms with van der Waals surface area (Å²) in [6.45, 7) is 5.59. The minimum absolute atomic E-state index is 0.130. The third kappa shape index (κ3) is 5.61. The highest BCUT2D eigenvalue weighted by Crippen LogP contribution is 2.53. The summed E-state index contributed by atoms with van der Waals surface area (Å²) in [7, 11) is 0. The molecule has 1 aliphatic carbocycles. The molecule has 8 heteroatoms. The quantitative estimate of drug-likeness (QED) is 0.246. The van der Waals surface area contributed by atoms with Crippen LogP contribution in [-0.4, -0.2) is 48.2 Å². The van der Waals surface area contributed by atoms with E-state index < -0.39 is 0 Å². The number of rotatable bonds is 7. The zero-order valence-corrected chi connectivity index (χ0v) is 24.7. The Hall–Kier alpha value is -4.59. The molecule has 1 unspecified atom stereocenters. The van der Waals surface area contributed by atoms with Gasteiger partial charge in [-0.15, -0.1) is 0 Å². The molecule has 0 radical (unpaired) electrons. The Morgan fingerprint density at radius 2 is 1.70 bits per heavy atom. The lowest BCUT2D eigenvalue weighted by Crippen LogP contribution is -2.44. The minimum atomic E-state index is -0.277. The molecule has 1 spiro atoms. The largest absolute Gasteiger partial charge is 0.485 e. The maximum Gasteiger partial charge on any atom is 0.409 e. The lowest BCUT2D eigenvalue weighted by molar-refractivity contribution is -0.142. The first-order valence-corrected chi connectivity index (χ1v) is 15.0. The number of piperidine rings is 1. The van der Waals surface area contributed by atoms with Crippen LogP contribution < -0.4 is 10.5 Å². The lowest BCUT2D eigenvalue weighted by atomic mass is 9.73. The molecular weight excluding hydrogens is 542 g/mol. The number of likely N-dealkylation sites (tertiary alicyclic amines) is 1. The zero-order chi connectivity index (χ0) is 30.0. The third-order valence-electron chi connectivity index (χ3n) is 8.80. The van der Waals surface area contributed by atoms with Gasteiger partial charge in [0.05, 0.1) is 19.6 Å². The molecule has 1 atom stereocenters. The molecule has 0 saturated carbocycles. The van der Waals surface area contributed by atoms with E-state index >= 15 is 0 Å². The number of amides is 1. The highest BCUT2D eigenvalue weighted by atomic mass is 16.6. The number of nitrogens with two attached hydrogens (primary N) is 1. The predicted molar refractivity (Wildman–Crippen MR) is 166 cm³/mol. The van der Waals surface area contributed by atoms with E-state index in [9.17, 15) is 9.59 Å². The van der Waals surface area contributed by atoms with Crippen molar-refractivity contribution in [2.75, 3.05) is 32.0 Å². The summed E-state index contributed by atoms with van der Waals surface area (Å²) >= 11 is 0. The molecule has 2 heterocycles. The van der Waals surface area contributed by atoms with Gasteiger partial charge in [-0.05, 0) is 85.0 Å². The van der Waals surface area contributed by atoms with Crippen molar-refractivity contribution in [3.05, 3.63) is 89.6 Å². The van der Waals surface area contributed by atoms with Crippen LogP contribution in [0.15, 0.2) is 72.9 Å². The number of pyridine rings is 1. The second kappa shape index (κ2) is 12.0. The van der Waals surface area contributed by atoms with Crippen LogP contribution >= 0.6 is 0 Å². The normalized spacial score (nSPS) is 17.1. The molecule has 2 aliphatic rings. The van der Waals surface area contributed by atoms with Gasteiger partial charge in [-0.1, -0.05) is 42.5 Å². The molecule has 1 saturated heterocycles. The Bertz CT molecular complexity index is 1660. The second-order valence-electron chi connectivity index (χ2n) is 11.3. The molecule has 1 fully saturated rings. The maximum absolute atomic E-state index is 12.5. The molecule has 1 amide bonds. The Labute approximate surface area is 251 Å². The molecular formula is C35H37N3O5. The van der Waals surface area contributed by atoms with Crippen LogP contribution in [0.5, 0.6) is 5.75 Å². The van der Waals surface area contributed by atoms with Crippen LogP contribution in [-0.2, 0) is 26.1 Å². The summed E-state index contributed by atoms with van der Waals surface area (Å²) in [6.07, 6.45) is 3.82. The van der Waals surface area contributed by atoms with Gasteiger partial charge in [0.2, 0.25) is 0 Å². The van der Waals surface area contributed by atoms with Crippen molar-refractivity contribution in [3.8, 4) is 16.9 Å². The minimum Gasteiger partial charge on any atom is -0.485 e. The van der Waals surface area contributed by atoms with Crippen molar-refractivity contribution in [2.24, 2.45) is 0 Å². The number of para-hydroxylation sites is 1. The fourth-order valence-corrected chi connectivity index (χ4v) is 6.63. The van der Waals surface area contributed by atoms with Gasteiger partial charge >= 0.3 is 12.1 Å². The van der Waals surface area contributed by atoms with E-state index in [0.29, 0.717) is 37.9 Å². The number of benzene rings is 3. The summed E-state index contributed by atoms with van der Waals surface area (Å²) in [4.78, 5) is 30.9. The number of nitrogen functional groups attached to an aromatic ring is 1. The monoisotopic (exact) mass is 579 g/mol. The second-order valence-corrected chi connectivity index (χ2v) is 11.3. The first-order chi connectivity index (χ1) is 20.9. The van der Waals surface area contributed by atoms with E-state index in [1.54, 1.807) is 18.0 Å². The SMILES string of the molecule is CCOC(=O)Cc1ccccc1OC1CC2(CCN(C(=O)OCC)CC2)c2ccc(-c3ccc4ccnc(N)c4c3)cc21. The molecule has 0 bridgehead atoms. The van der Waals surface area contributed by atoms with Gasteiger partial charge in [-0.3, -0.25) is 4.79 Å². The number of carbonyl (C=O) groups is 2. The van der Waals surface area contributed by atoms with Gasteiger partial charge in [0.25, 0.3) is 0 Å². The van der Waals surface area contributed by atoms with Crippen LogP contribution in [0, 0.1) is 0 Å². The summed E-state index contributed by atoms with van der Waals surface area (Å²) in [5.74, 6) is 0.912. The van der Waals surface area contributed by atoms with Crippen molar-refractivity contribution in [2.45, 2.75) is 51.0 Å². The first-order valence-electron chi connectivity index (χ1n) is 15.0. The predicted octanol–water partition coefficient (Wildman–Crippen LogP) is 6.60. The van der Waals surface area contributed by atoms with Crippen molar-refractivity contribution < 1.29 is 23.8 Å². The number of carbonyl (C=O) groups excluding carboxylic acids is 2. The molecule has 3 aromatic carbocycles. The van der Waals surface area contributed by atoms with E-state index in [2.05, 4.69) is 41.4 Å². The number of ether oxygens (including phenoxy) is 3. The molecule has 1 aromatic heterocycles. The molecule has 43 heavy (non-hydrogen) atoms. The number of nitrogens with zero attached hydrogens (tertiary/aromatic N) is 2. The maximum atomic E-state index is 12.5. The number of anilines is 1. The van der Waals surface area contributed by atoms with E-state index in [0.717, 1.165) is 52.3 Å². The van der Waals surface area contributed by atoms with E-state index in [1.807, 2.05) is 37.3 Å². The lowest BCUT2D eigenvalue weighted by Gasteiger charge is -2.39. The topological polar surface area (TPSA) is 104 Å². The zero-order valence-electron chi connectivity index (χ0n) is 24.7. The Balaban J connectivity index is 1.36. The fraction of sp³-hybridized carbons (Fsp3) is 0.343. The van der Waals surface area contributed by atoms with Gasteiger partial charge in [0.15, 0.2) is 0 Å². The first kappa shape index (κ1) is 28.5. The third-order valence-corrected chi connectivity index (χ3v) is 8.80. The van der Waals surface area contributed by atoms with Crippen molar-refractivity contribution >= 4 is 28.7 Å². The molecule has 1 aliphatic heterocycles. The van der Waals surface area contributed by atoms with Crippen LogP contribution in [0.1, 0.15) is 55.9 Å².